The molecule has 0 saturated carbocycles. The molecule has 10 heteroatoms. The van der Waals surface area contributed by atoms with Crippen molar-refractivity contribution < 1.29 is 19.6 Å². The first-order valence-electron chi connectivity index (χ1n) is 8.31. The molecule has 1 amide bonds. The molecule has 0 aliphatic heterocycles. The maximum Gasteiger partial charge on any atom is 0.312 e. The van der Waals surface area contributed by atoms with Crippen LogP contribution >= 0.6 is 15.9 Å². The summed E-state index contributed by atoms with van der Waals surface area (Å²) in [5, 5.41) is 27.6. The lowest BCUT2D eigenvalue weighted by Gasteiger charge is -2.14. The Labute approximate surface area is 169 Å². The lowest BCUT2D eigenvalue weighted by atomic mass is 10.2. The fraction of sp³-hybridized carbons (Fsp3) is 0.222. The number of hydrogen-bond acceptors (Lipinski definition) is 7. The largest absolute Gasteiger partial charge is 0.502 e. The average molecular weight is 451 g/mol. The van der Waals surface area contributed by atoms with Crippen LogP contribution in [-0.4, -0.2) is 34.8 Å². The lowest BCUT2D eigenvalue weighted by Crippen LogP contribution is -2.34. The number of benzene rings is 2. The number of ether oxygens (including phenoxy) is 1. The second kappa shape index (κ2) is 9.70. The molecule has 28 heavy (non-hydrogen) atoms. The van der Waals surface area contributed by atoms with Crippen molar-refractivity contribution in [1.82, 2.24) is 5.43 Å². The van der Waals surface area contributed by atoms with Crippen LogP contribution in [0.4, 0.5) is 11.4 Å². The summed E-state index contributed by atoms with van der Waals surface area (Å²) in [4.78, 5) is 22.4. The highest BCUT2D eigenvalue weighted by molar-refractivity contribution is 9.10. The van der Waals surface area contributed by atoms with Gasteiger partial charge in [-0.2, -0.15) is 5.10 Å². The van der Waals surface area contributed by atoms with Crippen molar-refractivity contribution >= 4 is 39.4 Å². The zero-order chi connectivity index (χ0) is 20.7. The van der Waals surface area contributed by atoms with Crippen LogP contribution in [-0.2, 0) is 4.79 Å². The number of aromatic hydroxyl groups is 1. The quantitative estimate of drug-likeness (QED) is 0.321. The normalized spacial score (nSPS) is 11.8. The number of amides is 1. The Morgan fingerprint density at radius 1 is 1.39 bits per heavy atom. The monoisotopic (exact) mass is 450 g/mol. The smallest absolute Gasteiger partial charge is 0.312 e. The van der Waals surface area contributed by atoms with Crippen LogP contribution in [0, 0.1) is 10.1 Å². The molecule has 0 spiro atoms. The standard InChI is InChI=1S/C18H19BrN4O5/c1-3-28-15-6-4-14(5-7-15)21-11(2)18(25)22-20-10-12-8-13(19)9-16(17(12)24)23(26)27/h4-11,21,24H,3H2,1-2H3,(H,22,25)/b20-10+. The van der Waals surface area contributed by atoms with Gasteiger partial charge >= 0.3 is 5.69 Å². The number of hydrazone groups is 1. The summed E-state index contributed by atoms with van der Waals surface area (Å²) in [5.74, 6) is -0.224. The van der Waals surface area contributed by atoms with Crippen molar-refractivity contribution in [2.75, 3.05) is 11.9 Å². The fourth-order valence-electron chi connectivity index (χ4n) is 2.23. The molecule has 1 unspecified atom stereocenters. The number of nitrogens with zero attached hydrogens (tertiary/aromatic N) is 2. The van der Waals surface area contributed by atoms with Crippen LogP contribution in [0.1, 0.15) is 19.4 Å². The summed E-state index contributed by atoms with van der Waals surface area (Å²) in [6.07, 6.45) is 1.13. The number of nitro benzene ring substituents is 1. The van der Waals surface area contributed by atoms with Gasteiger partial charge in [-0.1, -0.05) is 15.9 Å². The molecule has 0 aliphatic carbocycles. The highest BCUT2D eigenvalue weighted by atomic mass is 79.9. The highest BCUT2D eigenvalue weighted by Crippen LogP contribution is 2.32. The number of carbonyl (C=O) groups excluding carboxylic acids is 1. The Kier molecular flexibility index (Phi) is 7.33. The Bertz CT molecular complexity index is 886. The molecule has 9 nitrogen and oxygen atoms in total. The Morgan fingerprint density at radius 3 is 2.68 bits per heavy atom. The van der Waals surface area contributed by atoms with E-state index in [1.54, 1.807) is 31.2 Å². The van der Waals surface area contributed by atoms with Gasteiger partial charge in [0.05, 0.1) is 17.7 Å². The summed E-state index contributed by atoms with van der Waals surface area (Å²) in [6.45, 7) is 4.12. The summed E-state index contributed by atoms with van der Waals surface area (Å²) < 4.78 is 5.76. The van der Waals surface area contributed by atoms with Crippen molar-refractivity contribution in [2.45, 2.75) is 19.9 Å². The zero-order valence-corrected chi connectivity index (χ0v) is 16.8. The molecule has 2 rings (SSSR count). The number of hydrogen-bond donors (Lipinski definition) is 3. The summed E-state index contributed by atoms with van der Waals surface area (Å²) in [6, 6.07) is 9.18. The topological polar surface area (TPSA) is 126 Å². The van der Waals surface area contributed by atoms with Crippen LogP contribution < -0.4 is 15.5 Å². The number of rotatable bonds is 8. The number of halogens is 1. The third-order valence-electron chi connectivity index (χ3n) is 3.60. The van der Waals surface area contributed by atoms with E-state index < -0.39 is 28.3 Å². The van der Waals surface area contributed by atoms with Crippen LogP contribution in [0.2, 0.25) is 0 Å². The van der Waals surface area contributed by atoms with Crippen molar-refractivity contribution in [2.24, 2.45) is 5.10 Å². The van der Waals surface area contributed by atoms with E-state index in [0.717, 1.165) is 17.7 Å². The van der Waals surface area contributed by atoms with Crippen molar-refractivity contribution in [3.63, 3.8) is 0 Å². The van der Waals surface area contributed by atoms with Crippen molar-refractivity contribution in [1.29, 1.82) is 0 Å². The van der Waals surface area contributed by atoms with Gasteiger partial charge in [0.1, 0.15) is 11.8 Å². The van der Waals surface area contributed by atoms with Gasteiger partial charge in [0, 0.05) is 21.8 Å². The maximum absolute atomic E-state index is 12.1. The van der Waals surface area contributed by atoms with Gasteiger partial charge in [-0.15, -0.1) is 0 Å². The Hall–Kier alpha value is -3.14. The molecule has 1 atom stereocenters. The van der Waals surface area contributed by atoms with E-state index in [4.69, 9.17) is 4.74 Å². The van der Waals surface area contributed by atoms with Gasteiger partial charge < -0.3 is 15.2 Å². The van der Waals surface area contributed by atoms with E-state index in [-0.39, 0.29) is 5.56 Å². The zero-order valence-electron chi connectivity index (χ0n) is 15.2. The summed E-state index contributed by atoms with van der Waals surface area (Å²) in [5.41, 5.74) is 2.68. The highest BCUT2D eigenvalue weighted by Gasteiger charge is 2.18. The molecule has 148 valence electrons. The molecule has 2 aromatic rings. The minimum atomic E-state index is -0.709. The van der Waals surface area contributed by atoms with Gasteiger partial charge in [-0.05, 0) is 44.2 Å². The molecule has 3 N–H and O–H groups in total. The van der Waals surface area contributed by atoms with Gasteiger partial charge in [0.15, 0.2) is 0 Å². The first kappa shape index (κ1) is 21.2. The van der Waals surface area contributed by atoms with Crippen LogP contribution in [0.15, 0.2) is 46.0 Å². The van der Waals surface area contributed by atoms with E-state index >= 15 is 0 Å². The van der Waals surface area contributed by atoms with Crippen LogP contribution in [0.25, 0.3) is 0 Å². The molecular weight excluding hydrogens is 432 g/mol. The Balaban J connectivity index is 1.98. The maximum atomic E-state index is 12.1. The molecule has 0 aromatic heterocycles. The third kappa shape index (κ3) is 5.68. The molecular formula is C18H19BrN4O5. The van der Waals surface area contributed by atoms with Gasteiger partial charge in [-0.3, -0.25) is 14.9 Å². The molecule has 0 heterocycles. The molecule has 2 aromatic carbocycles. The fourth-order valence-corrected chi connectivity index (χ4v) is 2.70. The molecule has 0 radical (unpaired) electrons. The minimum absolute atomic E-state index is 0.0912. The predicted octanol–water partition coefficient (Wildman–Crippen LogP) is 3.41. The molecule has 0 bridgehead atoms. The lowest BCUT2D eigenvalue weighted by molar-refractivity contribution is -0.385. The van der Waals surface area contributed by atoms with Gasteiger partial charge in [-0.25, -0.2) is 5.43 Å². The van der Waals surface area contributed by atoms with Crippen LogP contribution in [0.5, 0.6) is 11.5 Å². The number of phenolic OH excluding ortho intramolecular Hbond substituents is 1. The number of phenols is 1. The van der Waals surface area contributed by atoms with E-state index in [2.05, 4.69) is 31.8 Å². The first-order valence-corrected chi connectivity index (χ1v) is 9.10. The molecule has 0 aliphatic rings. The second-order valence-electron chi connectivity index (χ2n) is 5.68. The van der Waals surface area contributed by atoms with E-state index in [1.807, 2.05) is 6.92 Å². The molecule has 0 saturated heterocycles. The third-order valence-corrected chi connectivity index (χ3v) is 4.06. The number of nitrogens with one attached hydrogen (secondary N) is 2. The number of anilines is 1. The number of carbonyl (C=O) groups is 1. The molecule has 0 fully saturated rings. The van der Waals surface area contributed by atoms with E-state index in [0.29, 0.717) is 11.1 Å². The summed E-state index contributed by atoms with van der Waals surface area (Å²) >= 11 is 3.13. The number of nitro groups is 1. The second-order valence-corrected chi connectivity index (χ2v) is 6.59. The minimum Gasteiger partial charge on any atom is -0.502 e. The Morgan fingerprint density at radius 2 is 2.07 bits per heavy atom. The van der Waals surface area contributed by atoms with Crippen molar-refractivity contribution in [3.8, 4) is 11.5 Å². The van der Waals surface area contributed by atoms with Crippen molar-refractivity contribution in [3.05, 3.63) is 56.5 Å². The predicted molar refractivity (Wildman–Crippen MR) is 109 cm³/mol. The SMILES string of the molecule is CCOc1ccc(NC(C)C(=O)N/N=C/c2cc(Br)cc([N+](=O)[O-])c2O)cc1. The van der Waals surface area contributed by atoms with Gasteiger partial charge in [0.25, 0.3) is 5.91 Å². The average Bonchev–Trinajstić information content (AvgIpc) is 2.65. The first-order chi connectivity index (χ1) is 13.3. The van der Waals surface area contributed by atoms with Gasteiger partial charge in [0.2, 0.25) is 5.75 Å². The van der Waals surface area contributed by atoms with E-state index in [1.165, 1.54) is 12.1 Å². The van der Waals surface area contributed by atoms with Crippen LogP contribution in [0.3, 0.4) is 0 Å². The van der Waals surface area contributed by atoms with E-state index in [9.17, 15) is 20.0 Å². The summed E-state index contributed by atoms with van der Waals surface area (Å²) in [7, 11) is 0.